The maximum absolute atomic E-state index is 11.9. The monoisotopic (exact) mass is 124 g/mol. The summed E-state index contributed by atoms with van der Waals surface area (Å²) in [4.78, 5) is 0. The van der Waals surface area contributed by atoms with E-state index in [1.54, 1.807) is 0 Å². The van der Waals surface area contributed by atoms with Crippen molar-refractivity contribution in [2.45, 2.75) is 25.9 Å². The van der Waals surface area contributed by atoms with Crippen LogP contribution in [-0.2, 0) is 0 Å². The van der Waals surface area contributed by atoms with Gasteiger partial charge in [0, 0.05) is 0 Å². The molecule has 1 unspecified atom stereocenters. The fourth-order valence-electron chi connectivity index (χ4n) is 0.599. The van der Waals surface area contributed by atoms with Crippen LogP contribution in [-0.4, -0.2) is 12.1 Å². The zero-order valence-electron chi connectivity index (χ0n) is 4.71. The van der Waals surface area contributed by atoms with Crippen LogP contribution in [0.4, 0.5) is 13.2 Å². The van der Waals surface area contributed by atoms with Crippen molar-refractivity contribution in [3.63, 3.8) is 0 Å². The van der Waals surface area contributed by atoms with Gasteiger partial charge < -0.3 is 0 Å². The summed E-state index contributed by atoms with van der Waals surface area (Å²) in [6.45, 7) is 2.44. The van der Waals surface area contributed by atoms with E-state index in [1.165, 1.54) is 13.8 Å². The third-order valence-electron chi connectivity index (χ3n) is 1.73. The Bertz CT molecular complexity index is 103. The molecule has 0 saturated heterocycles. The van der Waals surface area contributed by atoms with Gasteiger partial charge in [-0.3, -0.25) is 0 Å². The van der Waals surface area contributed by atoms with E-state index in [4.69, 9.17) is 0 Å². The number of alkyl halides is 3. The summed E-state index contributed by atoms with van der Waals surface area (Å²) in [6, 6.07) is 0. The third kappa shape index (κ3) is 0.376. The highest BCUT2D eigenvalue weighted by Crippen LogP contribution is 2.61. The number of hydrogen-bond donors (Lipinski definition) is 0. The summed E-state index contributed by atoms with van der Waals surface area (Å²) in [5, 5.41) is 0. The summed E-state index contributed by atoms with van der Waals surface area (Å²) in [5.74, 6) is -3.06. The summed E-state index contributed by atoms with van der Waals surface area (Å²) >= 11 is 0. The molecule has 0 N–H and O–H groups in total. The van der Waals surface area contributed by atoms with E-state index >= 15 is 0 Å². The van der Waals surface area contributed by atoms with Crippen molar-refractivity contribution < 1.29 is 13.2 Å². The van der Waals surface area contributed by atoms with Gasteiger partial charge in [-0.2, -0.15) is 0 Å². The first-order valence-corrected chi connectivity index (χ1v) is 2.42. The molecule has 0 heterocycles. The van der Waals surface area contributed by atoms with Gasteiger partial charge in [-0.05, 0) is 0 Å². The molecule has 0 nitrogen and oxygen atoms in total. The number of hydrogen-bond acceptors (Lipinski definition) is 0. The molecule has 0 radical (unpaired) electrons. The Morgan fingerprint density at radius 2 is 1.38 bits per heavy atom. The average Bonchev–Trinajstić information content (AvgIpc) is 1.88. The number of rotatable bonds is 0. The second-order valence-corrected chi connectivity index (χ2v) is 2.71. The van der Waals surface area contributed by atoms with Gasteiger partial charge in [-0.25, -0.2) is 13.2 Å². The molecule has 48 valence electrons. The van der Waals surface area contributed by atoms with Crippen LogP contribution >= 0.6 is 0 Å². The predicted molar refractivity (Wildman–Crippen MR) is 23.6 cm³/mol. The lowest BCUT2D eigenvalue weighted by Crippen LogP contribution is -1.99. The first kappa shape index (κ1) is 5.92. The maximum Gasteiger partial charge on any atom is 0.287 e. The highest BCUT2D eigenvalue weighted by molar-refractivity contribution is 5.14. The molecule has 3 heteroatoms. The Morgan fingerprint density at radius 1 is 1.25 bits per heavy atom. The molecule has 0 aliphatic heterocycles. The Balaban J connectivity index is 2.72. The molecule has 1 rings (SSSR count). The van der Waals surface area contributed by atoms with E-state index in [-0.39, 0.29) is 0 Å². The molecular weight excluding hydrogens is 117 g/mol. The van der Waals surface area contributed by atoms with E-state index in [9.17, 15) is 13.2 Å². The van der Waals surface area contributed by atoms with Crippen LogP contribution in [0.25, 0.3) is 0 Å². The van der Waals surface area contributed by atoms with Gasteiger partial charge in [0.25, 0.3) is 5.92 Å². The van der Waals surface area contributed by atoms with Crippen molar-refractivity contribution in [3.05, 3.63) is 0 Å². The van der Waals surface area contributed by atoms with Crippen LogP contribution in [0.5, 0.6) is 0 Å². The van der Waals surface area contributed by atoms with Gasteiger partial charge in [0.15, 0.2) is 6.17 Å². The standard InChI is InChI=1S/C5H7F3/c1-4(2)3(6)5(4,7)8/h3H,1-2H3. The van der Waals surface area contributed by atoms with E-state index in [2.05, 4.69) is 0 Å². The fraction of sp³-hybridized carbons (Fsp3) is 1.00. The van der Waals surface area contributed by atoms with Crippen LogP contribution in [0.1, 0.15) is 13.8 Å². The molecule has 8 heavy (non-hydrogen) atoms. The Kier molecular flexibility index (Phi) is 0.770. The number of halogens is 3. The van der Waals surface area contributed by atoms with Crippen molar-refractivity contribution >= 4 is 0 Å². The smallest absolute Gasteiger partial charge is 0.240 e. The SMILES string of the molecule is CC1(C)C(F)C1(F)F. The molecule has 1 aliphatic rings. The van der Waals surface area contributed by atoms with E-state index < -0.39 is 17.5 Å². The molecule has 1 aliphatic carbocycles. The quantitative estimate of drug-likeness (QED) is 0.463. The first-order valence-electron chi connectivity index (χ1n) is 2.42. The molecule has 1 fully saturated rings. The van der Waals surface area contributed by atoms with E-state index in [1.807, 2.05) is 0 Å². The first-order chi connectivity index (χ1) is 3.40. The second kappa shape index (κ2) is 1.04. The largest absolute Gasteiger partial charge is 0.287 e. The minimum absolute atomic E-state index is 1.22. The molecule has 0 aromatic carbocycles. The molecular formula is C5H7F3. The molecule has 0 spiro atoms. The van der Waals surface area contributed by atoms with Crippen molar-refractivity contribution in [2.75, 3.05) is 0 Å². The van der Waals surface area contributed by atoms with E-state index in [0.717, 1.165) is 0 Å². The minimum Gasteiger partial charge on any atom is -0.240 e. The zero-order valence-corrected chi connectivity index (χ0v) is 4.71. The Morgan fingerprint density at radius 3 is 1.38 bits per heavy atom. The lowest BCUT2D eigenvalue weighted by atomic mass is 10.2. The normalized spacial score (nSPS) is 39.4. The predicted octanol–water partition coefficient (Wildman–Crippen LogP) is 2.00. The Labute approximate surface area is 45.7 Å². The van der Waals surface area contributed by atoms with Gasteiger partial charge in [0.2, 0.25) is 0 Å². The van der Waals surface area contributed by atoms with Crippen LogP contribution in [0.3, 0.4) is 0 Å². The van der Waals surface area contributed by atoms with Crippen LogP contribution in [0.15, 0.2) is 0 Å². The topological polar surface area (TPSA) is 0 Å². The zero-order chi connectivity index (χ0) is 6.58. The highest BCUT2D eigenvalue weighted by Gasteiger charge is 2.76. The van der Waals surface area contributed by atoms with Crippen molar-refractivity contribution in [2.24, 2.45) is 5.41 Å². The molecule has 0 amide bonds. The van der Waals surface area contributed by atoms with Gasteiger partial charge in [0.05, 0.1) is 5.41 Å². The summed E-state index contributed by atoms with van der Waals surface area (Å²) in [6.07, 6.45) is -1.92. The lowest BCUT2D eigenvalue weighted by Gasteiger charge is -1.93. The summed E-state index contributed by atoms with van der Waals surface area (Å²) < 4.78 is 35.8. The van der Waals surface area contributed by atoms with Crippen LogP contribution in [0, 0.1) is 5.41 Å². The fourth-order valence-corrected chi connectivity index (χ4v) is 0.599. The van der Waals surface area contributed by atoms with Gasteiger partial charge in [-0.15, -0.1) is 0 Å². The van der Waals surface area contributed by atoms with Crippen LogP contribution < -0.4 is 0 Å². The highest BCUT2D eigenvalue weighted by atomic mass is 19.3. The summed E-state index contributed by atoms with van der Waals surface area (Å²) in [5.41, 5.74) is -1.40. The average molecular weight is 124 g/mol. The van der Waals surface area contributed by atoms with Gasteiger partial charge in [-0.1, -0.05) is 13.8 Å². The molecule has 1 saturated carbocycles. The van der Waals surface area contributed by atoms with E-state index in [0.29, 0.717) is 0 Å². The van der Waals surface area contributed by atoms with Crippen LogP contribution in [0.2, 0.25) is 0 Å². The lowest BCUT2D eigenvalue weighted by molar-refractivity contribution is 0.0612. The molecule has 1 atom stereocenters. The minimum atomic E-state index is -3.06. The van der Waals surface area contributed by atoms with Gasteiger partial charge >= 0.3 is 0 Å². The Hall–Kier alpha value is -0.210. The second-order valence-electron chi connectivity index (χ2n) is 2.71. The molecule has 0 aromatic heterocycles. The van der Waals surface area contributed by atoms with Crippen molar-refractivity contribution in [1.82, 2.24) is 0 Å². The molecule has 0 aromatic rings. The summed E-state index contributed by atoms with van der Waals surface area (Å²) in [7, 11) is 0. The maximum atomic E-state index is 11.9. The third-order valence-corrected chi connectivity index (χ3v) is 1.73. The molecule has 0 bridgehead atoms. The van der Waals surface area contributed by atoms with Gasteiger partial charge in [0.1, 0.15) is 0 Å². The van der Waals surface area contributed by atoms with Crippen molar-refractivity contribution in [1.29, 1.82) is 0 Å². The van der Waals surface area contributed by atoms with Crippen molar-refractivity contribution in [3.8, 4) is 0 Å².